The van der Waals surface area contributed by atoms with Crippen LogP contribution in [0.5, 0.6) is 0 Å². The van der Waals surface area contributed by atoms with Gasteiger partial charge in [0.15, 0.2) is 0 Å². The van der Waals surface area contributed by atoms with Crippen molar-refractivity contribution in [1.82, 2.24) is 0 Å². The summed E-state index contributed by atoms with van der Waals surface area (Å²) in [5.41, 5.74) is 1.22. The summed E-state index contributed by atoms with van der Waals surface area (Å²) in [4.78, 5) is 11.7. The van der Waals surface area contributed by atoms with E-state index in [1.165, 1.54) is 7.11 Å². The van der Waals surface area contributed by atoms with E-state index < -0.39 is 0 Å². The van der Waals surface area contributed by atoms with Crippen LogP contribution in [0.2, 0.25) is 0 Å². The number of rotatable bonds is 3. The predicted molar refractivity (Wildman–Crippen MR) is 68.0 cm³/mol. The van der Waals surface area contributed by atoms with Gasteiger partial charge in [0.2, 0.25) is 0 Å². The molecule has 3 heteroatoms. The van der Waals surface area contributed by atoms with Gasteiger partial charge in [-0.3, -0.25) is 0 Å². The second-order valence-corrected chi connectivity index (χ2v) is 4.92. The van der Waals surface area contributed by atoms with Crippen LogP contribution in [0.25, 0.3) is 0 Å². The Kier molecular flexibility index (Phi) is 3.66. The first-order valence-electron chi connectivity index (χ1n) is 6.28. The molecule has 0 spiro atoms. The van der Waals surface area contributed by atoms with Crippen molar-refractivity contribution in [3.8, 4) is 6.07 Å². The summed E-state index contributed by atoms with van der Waals surface area (Å²) in [6, 6.07) is 9.87. The molecule has 1 aromatic carbocycles. The summed E-state index contributed by atoms with van der Waals surface area (Å²) in [5.74, 6) is -0.323. The second kappa shape index (κ2) is 5.22. The molecule has 0 unspecified atom stereocenters. The van der Waals surface area contributed by atoms with Crippen molar-refractivity contribution in [3.63, 3.8) is 0 Å². The zero-order chi connectivity index (χ0) is 13.0. The standard InChI is InChI=1S/C15H17NO2/c1-18-14(17)13-7-3-2-6-12(13)10-15(11-16)8-4-5-9-15/h2-3,6-7H,4-5,8-10H2,1H3. The molecule has 0 heterocycles. The summed E-state index contributed by atoms with van der Waals surface area (Å²) >= 11 is 0. The fourth-order valence-corrected chi connectivity index (χ4v) is 2.73. The SMILES string of the molecule is COC(=O)c1ccccc1CC1(C#N)CCCC1. The van der Waals surface area contributed by atoms with Crippen LogP contribution in [0.15, 0.2) is 24.3 Å². The first-order valence-corrected chi connectivity index (χ1v) is 6.28. The number of esters is 1. The third kappa shape index (κ3) is 2.38. The molecule has 0 radical (unpaired) electrons. The Morgan fingerprint density at radius 1 is 1.39 bits per heavy atom. The first kappa shape index (κ1) is 12.6. The van der Waals surface area contributed by atoms with Crippen LogP contribution < -0.4 is 0 Å². The van der Waals surface area contributed by atoms with Crippen LogP contribution in [-0.4, -0.2) is 13.1 Å². The Labute approximate surface area is 107 Å². The monoisotopic (exact) mass is 243 g/mol. The molecule has 1 saturated carbocycles. The maximum absolute atomic E-state index is 11.7. The quantitative estimate of drug-likeness (QED) is 0.766. The molecule has 0 atom stereocenters. The lowest BCUT2D eigenvalue weighted by Gasteiger charge is -2.21. The fraction of sp³-hybridized carbons (Fsp3) is 0.467. The van der Waals surface area contributed by atoms with Crippen molar-refractivity contribution >= 4 is 5.97 Å². The highest BCUT2D eigenvalue weighted by molar-refractivity contribution is 5.91. The lowest BCUT2D eigenvalue weighted by atomic mass is 9.80. The lowest BCUT2D eigenvalue weighted by molar-refractivity contribution is 0.0599. The zero-order valence-corrected chi connectivity index (χ0v) is 10.6. The van der Waals surface area contributed by atoms with Crippen molar-refractivity contribution in [2.75, 3.05) is 7.11 Å². The highest BCUT2D eigenvalue weighted by atomic mass is 16.5. The molecule has 0 aliphatic heterocycles. The molecule has 2 rings (SSSR count). The molecule has 0 saturated heterocycles. The third-order valence-corrected chi connectivity index (χ3v) is 3.75. The van der Waals surface area contributed by atoms with Crippen LogP contribution >= 0.6 is 0 Å². The van der Waals surface area contributed by atoms with E-state index in [9.17, 15) is 10.1 Å². The van der Waals surface area contributed by atoms with Crippen molar-refractivity contribution in [2.24, 2.45) is 5.41 Å². The van der Waals surface area contributed by atoms with E-state index >= 15 is 0 Å². The molecule has 0 aromatic heterocycles. The van der Waals surface area contributed by atoms with E-state index in [1.807, 2.05) is 18.2 Å². The third-order valence-electron chi connectivity index (χ3n) is 3.75. The second-order valence-electron chi connectivity index (χ2n) is 4.92. The Bertz CT molecular complexity index is 482. The minimum atomic E-state index is -0.323. The van der Waals surface area contributed by atoms with Gasteiger partial charge in [0, 0.05) is 0 Å². The van der Waals surface area contributed by atoms with Crippen molar-refractivity contribution in [3.05, 3.63) is 35.4 Å². The highest BCUT2D eigenvalue weighted by Crippen LogP contribution is 2.40. The normalized spacial score (nSPS) is 17.1. The van der Waals surface area contributed by atoms with E-state index in [1.54, 1.807) is 6.07 Å². The van der Waals surface area contributed by atoms with Crippen molar-refractivity contribution < 1.29 is 9.53 Å². The average molecular weight is 243 g/mol. The van der Waals surface area contributed by atoms with Gasteiger partial charge in [0.05, 0.1) is 24.2 Å². The Balaban J connectivity index is 2.29. The summed E-state index contributed by atoms with van der Waals surface area (Å²) in [5, 5.41) is 9.40. The fourth-order valence-electron chi connectivity index (χ4n) is 2.73. The molecular formula is C15H17NO2. The molecular weight excluding hydrogens is 226 g/mol. The number of hydrogen-bond acceptors (Lipinski definition) is 3. The van der Waals surface area contributed by atoms with Gasteiger partial charge in [0.25, 0.3) is 0 Å². The Morgan fingerprint density at radius 2 is 2.06 bits per heavy atom. The maximum atomic E-state index is 11.7. The van der Waals surface area contributed by atoms with Crippen LogP contribution in [-0.2, 0) is 11.2 Å². The lowest BCUT2D eigenvalue weighted by Crippen LogP contribution is -2.19. The average Bonchev–Trinajstić information content (AvgIpc) is 2.88. The molecule has 1 aliphatic carbocycles. The van der Waals surface area contributed by atoms with Crippen molar-refractivity contribution in [2.45, 2.75) is 32.1 Å². The predicted octanol–water partition coefficient (Wildman–Crippen LogP) is 3.10. The van der Waals surface area contributed by atoms with Crippen LogP contribution in [0.4, 0.5) is 0 Å². The molecule has 0 amide bonds. The minimum Gasteiger partial charge on any atom is -0.465 e. The number of benzene rings is 1. The van der Waals surface area contributed by atoms with E-state index in [0.29, 0.717) is 12.0 Å². The van der Waals surface area contributed by atoms with Crippen LogP contribution in [0.3, 0.4) is 0 Å². The highest BCUT2D eigenvalue weighted by Gasteiger charge is 2.35. The van der Waals surface area contributed by atoms with Gasteiger partial charge in [0.1, 0.15) is 0 Å². The minimum absolute atomic E-state index is 0.288. The van der Waals surface area contributed by atoms with Crippen molar-refractivity contribution in [1.29, 1.82) is 5.26 Å². The van der Waals surface area contributed by atoms with Gasteiger partial charge in [-0.1, -0.05) is 31.0 Å². The summed E-state index contributed by atoms with van der Waals surface area (Å²) in [7, 11) is 1.38. The summed E-state index contributed by atoms with van der Waals surface area (Å²) < 4.78 is 4.79. The molecule has 1 aromatic rings. The number of carbonyl (C=O) groups excluding carboxylic acids is 1. The molecule has 1 fully saturated rings. The number of methoxy groups -OCH3 is 1. The topological polar surface area (TPSA) is 50.1 Å². The first-order chi connectivity index (χ1) is 8.71. The largest absolute Gasteiger partial charge is 0.465 e. The van der Waals surface area contributed by atoms with Gasteiger partial charge in [-0.25, -0.2) is 4.79 Å². The van der Waals surface area contributed by atoms with Gasteiger partial charge in [-0.05, 0) is 30.9 Å². The van der Waals surface area contributed by atoms with Gasteiger partial charge >= 0.3 is 5.97 Å². The number of carbonyl (C=O) groups is 1. The van der Waals surface area contributed by atoms with Gasteiger partial charge in [-0.2, -0.15) is 5.26 Å². The number of nitrogens with zero attached hydrogens (tertiary/aromatic N) is 1. The van der Waals surface area contributed by atoms with Gasteiger partial charge < -0.3 is 4.74 Å². The number of ether oxygens (including phenoxy) is 1. The molecule has 94 valence electrons. The molecule has 0 bridgehead atoms. The Morgan fingerprint density at radius 3 is 2.67 bits per heavy atom. The molecule has 18 heavy (non-hydrogen) atoms. The number of hydrogen-bond donors (Lipinski definition) is 0. The van der Waals surface area contributed by atoms with E-state index in [4.69, 9.17) is 4.74 Å². The molecule has 1 aliphatic rings. The Hall–Kier alpha value is -1.82. The number of nitriles is 1. The molecule has 3 nitrogen and oxygen atoms in total. The maximum Gasteiger partial charge on any atom is 0.338 e. The van der Waals surface area contributed by atoms with E-state index in [0.717, 1.165) is 31.2 Å². The zero-order valence-electron chi connectivity index (χ0n) is 10.6. The summed E-state index contributed by atoms with van der Waals surface area (Å²) in [6.45, 7) is 0. The van der Waals surface area contributed by atoms with Crippen LogP contribution in [0, 0.1) is 16.7 Å². The summed E-state index contributed by atoms with van der Waals surface area (Å²) in [6.07, 6.45) is 4.72. The van der Waals surface area contributed by atoms with Crippen LogP contribution in [0.1, 0.15) is 41.6 Å². The van der Waals surface area contributed by atoms with E-state index in [-0.39, 0.29) is 11.4 Å². The van der Waals surface area contributed by atoms with Gasteiger partial charge in [-0.15, -0.1) is 0 Å². The smallest absolute Gasteiger partial charge is 0.338 e. The van der Waals surface area contributed by atoms with E-state index in [2.05, 4.69) is 6.07 Å². The molecule has 0 N–H and O–H groups in total.